The first kappa shape index (κ1) is 23.2. The van der Waals surface area contributed by atoms with E-state index in [2.05, 4.69) is 5.32 Å². The Bertz CT molecular complexity index is 851. The van der Waals surface area contributed by atoms with Crippen LogP contribution in [0.25, 0.3) is 0 Å². The second kappa shape index (κ2) is 10.7. The van der Waals surface area contributed by atoms with E-state index >= 15 is 0 Å². The molecule has 6 amide bonds. The van der Waals surface area contributed by atoms with E-state index in [1.807, 2.05) is 30.3 Å². The lowest BCUT2D eigenvalue weighted by atomic mass is 10.2. The van der Waals surface area contributed by atoms with E-state index in [1.165, 1.54) is 0 Å². The molecule has 0 atom stereocenters. The first-order valence-corrected chi connectivity index (χ1v) is 10.8. The molecule has 32 heavy (non-hydrogen) atoms. The number of amides is 6. The summed E-state index contributed by atoms with van der Waals surface area (Å²) in [6.45, 7) is 1.96. The Morgan fingerprint density at radius 3 is 2.06 bits per heavy atom. The smallest absolute Gasteiger partial charge is 0.317 e. The van der Waals surface area contributed by atoms with Crippen LogP contribution in [0.5, 0.6) is 0 Å². The fraction of sp³-hybridized carbons (Fsp3) is 0.500. The summed E-state index contributed by atoms with van der Waals surface area (Å²) in [5.41, 5.74) is 1.02. The van der Waals surface area contributed by atoms with Crippen LogP contribution in [0.4, 0.5) is 4.79 Å². The minimum atomic E-state index is -0.311. The molecule has 0 aromatic heterocycles. The van der Waals surface area contributed by atoms with Gasteiger partial charge in [-0.3, -0.25) is 24.1 Å². The molecule has 172 valence electrons. The summed E-state index contributed by atoms with van der Waals surface area (Å²) in [7, 11) is 1.70. The van der Waals surface area contributed by atoms with Crippen LogP contribution in [0, 0.1) is 0 Å². The molecule has 0 spiro atoms. The number of imide groups is 1. The number of nitrogens with one attached hydrogen (secondary N) is 1. The van der Waals surface area contributed by atoms with Crippen LogP contribution in [-0.2, 0) is 25.7 Å². The van der Waals surface area contributed by atoms with E-state index < -0.39 is 0 Å². The SMILES string of the molecule is CN(Cc1ccccc1)C(=O)NCCC(=O)N1CCN(C(=O)CN2C(=O)CCC2=O)CC1. The number of urea groups is 1. The Balaban J connectivity index is 1.34. The summed E-state index contributed by atoms with van der Waals surface area (Å²) in [4.78, 5) is 66.2. The summed E-state index contributed by atoms with van der Waals surface area (Å²) in [5, 5.41) is 2.75. The minimum Gasteiger partial charge on any atom is -0.339 e. The summed E-state index contributed by atoms with van der Waals surface area (Å²) < 4.78 is 0. The van der Waals surface area contributed by atoms with Gasteiger partial charge in [0.05, 0.1) is 0 Å². The standard InChI is InChI=1S/C22H29N5O5/c1-24(15-17-5-3-2-4-6-17)22(32)23-10-9-18(28)25-11-13-26(14-12-25)21(31)16-27-19(29)7-8-20(27)30/h2-6H,7-16H2,1H3,(H,23,32). The number of piperazine rings is 1. The highest BCUT2D eigenvalue weighted by Crippen LogP contribution is 2.12. The first-order chi connectivity index (χ1) is 15.3. The molecule has 0 saturated carbocycles. The van der Waals surface area contributed by atoms with Gasteiger partial charge in [0, 0.05) is 65.6 Å². The van der Waals surface area contributed by atoms with Gasteiger partial charge < -0.3 is 20.0 Å². The average molecular weight is 444 g/mol. The second-order valence-corrected chi connectivity index (χ2v) is 7.96. The summed E-state index contributed by atoms with van der Waals surface area (Å²) in [6.07, 6.45) is 0.496. The zero-order valence-electron chi connectivity index (χ0n) is 18.3. The number of hydrogen-bond acceptors (Lipinski definition) is 5. The van der Waals surface area contributed by atoms with Crippen LogP contribution >= 0.6 is 0 Å². The maximum atomic E-state index is 12.4. The Hall–Kier alpha value is -3.43. The highest BCUT2D eigenvalue weighted by molar-refractivity contribution is 6.04. The third-order valence-corrected chi connectivity index (χ3v) is 5.66. The third kappa shape index (κ3) is 6.05. The van der Waals surface area contributed by atoms with Crippen molar-refractivity contribution in [3.63, 3.8) is 0 Å². The predicted molar refractivity (Wildman–Crippen MR) is 115 cm³/mol. The van der Waals surface area contributed by atoms with Crippen LogP contribution < -0.4 is 5.32 Å². The molecule has 2 fully saturated rings. The van der Waals surface area contributed by atoms with Gasteiger partial charge in [0.2, 0.25) is 23.6 Å². The molecule has 1 aromatic rings. The molecular formula is C22H29N5O5. The first-order valence-electron chi connectivity index (χ1n) is 10.8. The molecule has 2 heterocycles. The van der Waals surface area contributed by atoms with Crippen LogP contribution in [0.3, 0.4) is 0 Å². The molecule has 1 N–H and O–H groups in total. The van der Waals surface area contributed by atoms with Gasteiger partial charge >= 0.3 is 6.03 Å². The number of nitrogens with zero attached hydrogens (tertiary/aromatic N) is 4. The van der Waals surface area contributed by atoms with E-state index in [4.69, 9.17) is 0 Å². The third-order valence-electron chi connectivity index (χ3n) is 5.66. The van der Waals surface area contributed by atoms with Gasteiger partial charge in [0.1, 0.15) is 6.54 Å². The van der Waals surface area contributed by atoms with E-state index in [0.717, 1.165) is 10.5 Å². The fourth-order valence-corrected chi connectivity index (χ4v) is 3.74. The van der Waals surface area contributed by atoms with Crippen LogP contribution in [0.15, 0.2) is 30.3 Å². The summed E-state index contributed by atoms with van der Waals surface area (Å²) in [6, 6.07) is 9.39. The number of rotatable bonds is 7. The van der Waals surface area contributed by atoms with Gasteiger partial charge in [-0.1, -0.05) is 30.3 Å². The Labute approximate surface area is 187 Å². The number of likely N-dealkylation sites (tertiary alicyclic amines) is 1. The fourth-order valence-electron chi connectivity index (χ4n) is 3.74. The normalized spacial score (nSPS) is 16.3. The molecule has 10 heteroatoms. The van der Waals surface area contributed by atoms with Crippen molar-refractivity contribution >= 4 is 29.7 Å². The summed E-state index contributed by atoms with van der Waals surface area (Å²) >= 11 is 0. The van der Waals surface area contributed by atoms with Crippen molar-refractivity contribution in [3.8, 4) is 0 Å². The van der Waals surface area contributed by atoms with Gasteiger partial charge in [0.15, 0.2) is 0 Å². The maximum Gasteiger partial charge on any atom is 0.317 e. The molecule has 2 saturated heterocycles. The van der Waals surface area contributed by atoms with Crippen molar-refractivity contribution in [1.29, 1.82) is 0 Å². The van der Waals surface area contributed by atoms with Crippen molar-refractivity contribution in [2.24, 2.45) is 0 Å². The topological polar surface area (TPSA) is 110 Å². The highest BCUT2D eigenvalue weighted by Gasteiger charge is 2.33. The zero-order valence-corrected chi connectivity index (χ0v) is 18.3. The number of carbonyl (C=O) groups is 5. The monoisotopic (exact) mass is 443 g/mol. The van der Waals surface area contributed by atoms with Crippen molar-refractivity contribution in [3.05, 3.63) is 35.9 Å². The molecule has 1 aromatic carbocycles. The van der Waals surface area contributed by atoms with Crippen LogP contribution in [0.1, 0.15) is 24.8 Å². The van der Waals surface area contributed by atoms with Crippen molar-refractivity contribution in [2.75, 3.05) is 46.3 Å². The minimum absolute atomic E-state index is 0.0898. The van der Waals surface area contributed by atoms with E-state index in [0.29, 0.717) is 32.7 Å². The van der Waals surface area contributed by atoms with Crippen molar-refractivity contribution in [1.82, 2.24) is 24.9 Å². The van der Waals surface area contributed by atoms with E-state index in [1.54, 1.807) is 21.7 Å². The number of benzene rings is 1. The van der Waals surface area contributed by atoms with Crippen molar-refractivity contribution < 1.29 is 24.0 Å². The van der Waals surface area contributed by atoms with E-state index in [-0.39, 0.29) is 62.0 Å². The van der Waals surface area contributed by atoms with Gasteiger partial charge in [0.25, 0.3) is 0 Å². The maximum absolute atomic E-state index is 12.4. The van der Waals surface area contributed by atoms with Gasteiger partial charge in [-0.2, -0.15) is 0 Å². The average Bonchev–Trinajstić information content (AvgIpc) is 3.11. The Morgan fingerprint density at radius 1 is 0.906 bits per heavy atom. The lowest BCUT2D eigenvalue weighted by molar-refractivity contribution is -0.147. The lowest BCUT2D eigenvalue weighted by Crippen LogP contribution is -2.53. The zero-order chi connectivity index (χ0) is 23.1. The van der Waals surface area contributed by atoms with Crippen LogP contribution in [-0.4, -0.2) is 95.6 Å². The van der Waals surface area contributed by atoms with Gasteiger partial charge in [-0.15, -0.1) is 0 Å². The molecular weight excluding hydrogens is 414 g/mol. The molecule has 0 bridgehead atoms. The molecule has 0 aliphatic carbocycles. The summed E-state index contributed by atoms with van der Waals surface area (Å²) in [5.74, 6) is -0.996. The van der Waals surface area contributed by atoms with Gasteiger partial charge in [-0.25, -0.2) is 4.79 Å². The van der Waals surface area contributed by atoms with Crippen molar-refractivity contribution in [2.45, 2.75) is 25.8 Å². The Kier molecular flexibility index (Phi) is 7.80. The lowest BCUT2D eigenvalue weighted by Gasteiger charge is -2.35. The molecule has 0 unspecified atom stereocenters. The predicted octanol–water partition coefficient (Wildman–Crippen LogP) is 0.0379. The molecule has 2 aliphatic rings. The van der Waals surface area contributed by atoms with Gasteiger partial charge in [-0.05, 0) is 5.56 Å². The Morgan fingerprint density at radius 2 is 1.47 bits per heavy atom. The molecule has 2 aliphatic heterocycles. The van der Waals surface area contributed by atoms with Crippen LogP contribution in [0.2, 0.25) is 0 Å². The molecule has 10 nitrogen and oxygen atoms in total. The second-order valence-electron chi connectivity index (χ2n) is 7.96. The van der Waals surface area contributed by atoms with E-state index in [9.17, 15) is 24.0 Å². The largest absolute Gasteiger partial charge is 0.339 e. The quantitative estimate of drug-likeness (QED) is 0.599. The molecule has 3 rings (SSSR count). The number of carbonyl (C=O) groups excluding carboxylic acids is 5. The number of hydrogen-bond donors (Lipinski definition) is 1. The highest BCUT2D eigenvalue weighted by atomic mass is 16.2. The molecule has 0 radical (unpaired) electrons.